The standard InChI is InChI=1S/C17H17F3N2O3S/c18-17(19,20)26(23,24)25-13-5-4-12-3-1-6-16(14(12)9-13)7-2-8-22-11-21-10-15(16)22/h4-5,9-11H,1-3,6-8H2. The number of rotatable bonds is 2. The molecule has 4 rings (SSSR count). The molecule has 1 aromatic heterocycles. The maximum absolute atomic E-state index is 12.6. The van der Waals surface area contributed by atoms with Gasteiger partial charge < -0.3 is 8.75 Å². The number of imidazole rings is 1. The summed E-state index contributed by atoms with van der Waals surface area (Å²) in [7, 11) is -5.69. The van der Waals surface area contributed by atoms with E-state index < -0.39 is 15.6 Å². The SMILES string of the molecule is O=S(=O)(Oc1ccc2c(c1)C1(CCC2)CCCn2cncc21)C(F)(F)F. The molecule has 140 valence electrons. The quantitative estimate of drug-likeness (QED) is 0.585. The van der Waals surface area contributed by atoms with Crippen LogP contribution in [0.5, 0.6) is 5.75 Å². The number of hydrogen-bond donors (Lipinski definition) is 0. The van der Waals surface area contributed by atoms with Gasteiger partial charge in [0.2, 0.25) is 0 Å². The first-order valence-corrected chi connectivity index (χ1v) is 9.79. The van der Waals surface area contributed by atoms with Gasteiger partial charge in [-0.2, -0.15) is 21.6 Å². The van der Waals surface area contributed by atoms with Crippen LogP contribution in [0, 0.1) is 0 Å². The van der Waals surface area contributed by atoms with E-state index in [1.807, 2.05) is 0 Å². The molecule has 1 spiro atoms. The molecule has 0 radical (unpaired) electrons. The van der Waals surface area contributed by atoms with Gasteiger partial charge in [-0.25, -0.2) is 4.98 Å². The minimum Gasteiger partial charge on any atom is -0.376 e. The smallest absolute Gasteiger partial charge is 0.376 e. The van der Waals surface area contributed by atoms with Crippen LogP contribution < -0.4 is 4.18 Å². The van der Waals surface area contributed by atoms with E-state index in [-0.39, 0.29) is 11.2 Å². The van der Waals surface area contributed by atoms with Crippen molar-refractivity contribution < 1.29 is 25.8 Å². The van der Waals surface area contributed by atoms with Crippen LogP contribution in [0.2, 0.25) is 0 Å². The van der Waals surface area contributed by atoms with Crippen LogP contribution in [0.3, 0.4) is 0 Å². The highest BCUT2D eigenvalue weighted by molar-refractivity contribution is 7.88. The molecule has 0 N–H and O–H groups in total. The minimum atomic E-state index is -5.69. The maximum atomic E-state index is 12.6. The predicted molar refractivity (Wildman–Crippen MR) is 87.2 cm³/mol. The maximum Gasteiger partial charge on any atom is 0.534 e. The summed E-state index contributed by atoms with van der Waals surface area (Å²) in [5, 5.41) is 0. The molecule has 1 unspecified atom stereocenters. The summed E-state index contributed by atoms with van der Waals surface area (Å²) in [5.41, 5.74) is -2.92. The zero-order chi connectivity index (χ0) is 18.6. The molecule has 26 heavy (non-hydrogen) atoms. The van der Waals surface area contributed by atoms with Crippen molar-refractivity contribution in [2.24, 2.45) is 0 Å². The van der Waals surface area contributed by atoms with E-state index in [1.165, 1.54) is 12.1 Å². The first kappa shape index (κ1) is 17.4. The number of aryl methyl sites for hydroxylation is 2. The summed E-state index contributed by atoms with van der Waals surface area (Å²) in [5.74, 6) is -0.306. The molecular formula is C17H17F3N2O3S. The summed E-state index contributed by atoms with van der Waals surface area (Å²) in [6, 6.07) is 4.43. The van der Waals surface area contributed by atoms with Gasteiger partial charge in [-0.15, -0.1) is 0 Å². The van der Waals surface area contributed by atoms with Crippen molar-refractivity contribution in [3.8, 4) is 5.75 Å². The van der Waals surface area contributed by atoms with Crippen LogP contribution >= 0.6 is 0 Å². The lowest BCUT2D eigenvalue weighted by Gasteiger charge is -2.42. The van der Waals surface area contributed by atoms with Crippen molar-refractivity contribution in [2.75, 3.05) is 0 Å². The van der Waals surface area contributed by atoms with Crippen LogP contribution in [0.4, 0.5) is 13.2 Å². The molecule has 0 amide bonds. The zero-order valence-electron chi connectivity index (χ0n) is 13.8. The largest absolute Gasteiger partial charge is 0.534 e. The van der Waals surface area contributed by atoms with Gasteiger partial charge in [0.15, 0.2) is 0 Å². The molecule has 1 aliphatic heterocycles. The second-order valence-corrected chi connectivity index (χ2v) is 8.35. The average Bonchev–Trinajstić information content (AvgIpc) is 3.04. The number of aromatic nitrogens is 2. The fourth-order valence-corrected chi connectivity index (χ4v) is 4.71. The Bertz CT molecular complexity index is 948. The van der Waals surface area contributed by atoms with Gasteiger partial charge in [0.25, 0.3) is 0 Å². The number of hydrogen-bond acceptors (Lipinski definition) is 4. The van der Waals surface area contributed by atoms with Crippen molar-refractivity contribution in [3.63, 3.8) is 0 Å². The molecule has 1 aromatic carbocycles. The Morgan fingerprint density at radius 3 is 2.73 bits per heavy atom. The molecule has 0 saturated heterocycles. The van der Waals surface area contributed by atoms with Gasteiger partial charge in [-0.3, -0.25) is 0 Å². The molecule has 2 heterocycles. The topological polar surface area (TPSA) is 61.2 Å². The van der Waals surface area contributed by atoms with E-state index >= 15 is 0 Å². The van der Waals surface area contributed by atoms with Gasteiger partial charge in [-0.05, 0) is 55.4 Å². The second kappa shape index (κ2) is 5.73. The van der Waals surface area contributed by atoms with Gasteiger partial charge in [0, 0.05) is 23.9 Å². The fourth-order valence-electron chi connectivity index (χ4n) is 4.26. The molecule has 2 aromatic rings. The lowest BCUT2D eigenvalue weighted by molar-refractivity contribution is -0.0500. The van der Waals surface area contributed by atoms with Gasteiger partial charge in [0.05, 0.1) is 6.33 Å². The van der Waals surface area contributed by atoms with Gasteiger partial charge in [-0.1, -0.05) is 6.07 Å². The number of nitrogens with zero attached hydrogens (tertiary/aromatic N) is 2. The van der Waals surface area contributed by atoms with Crippen LogP contribution in [0.15, 0.2) is 30.7 Å². The van der Waals surface area contributed by atoms with Crippen molar-refractivity contribution in [1.29, 1.82) is 0 Å². The first-order chi connectivity index (χ1) is 12.2. The summed E-state index contributed by atoms with van der Waals surface area (Å²) in [6.07, 6.45) is 7.95. The molecule has 1 aliphatic carbocycles. The highest BCUT2D eigenvalue weighted by Crippen LogP contribution is 2.49. The van der Waals surface area contributed by atoms with Crippen LogP contribution in [0.1, 0.15) is 42.5 Å². The van der Waals surface area contributed by atoms with Crippen molar-refractivity contribution in [1.82, 2.24) is 9.55 Å². The number of benzene rings is 1. The summed E-state index contributed by atoms with van der Waals surface area (Å²) < 4.78 is 67.0. The molecule has 0 fully saturated rings. The highest BCUT2D eigenvalue weighted by atomic mass is 32.2. The number of alkyl halides is 3. The van der Waals surface area contributed by atoms with Crippen molar-refractivity contribution in [3.05, 3.63) is 47.5 Å². The first-order valence-electron chi connectivity index (χ1n) is 8.38. The number of fused-ring (bicyclic) bond motifs is 4. The molecule has 1 atom stereocenters. The highest BCUT2D eigenvalue weighted by Gasteiger charge is 2.49. The van der Waals surface area contributed by atoms with Gasteiger partial charge in [0.1, 0.15) is 5.75 Å². The Morgan fingerprint density at radius 2 is 1.96 bits per heavy atom. The zero-order valence-corrected chi connectivity index (χ0v) is 14.6. The number of halogens is 3. The van der Waals surface area contributed by atoms with Crippen molar-refractivity contribution in [2.45, 2.75) is 49.6 Å². The summed E-state index contributed by atoms with van der Waals surface area (Å²) in [4.78, 5) is 4.23. The predicted octanol–water partition coefficient (Wildman–Crippen LogP) is 3.53. The molecular weight excluding hydrogens is 369 g/mol. The monoisotopic (exact) mass is 386 g/mol. The third-order valence-corrected chi connectivity index (χ3v) is 6.32. The van der Waals surface area contributed by atoms with Gasteiger partial charge >= 0.3 is 15.6 Å². The van der Waals surface area contributed by atoms with E-state index in [0.29, 0.717) is 0 Å². The van der Waals surface area contributed by atoms with E-state index in [4.69, 9.17) is 0 Å². The lowest BCUT2D eigenvalue weighted by atomic mass is 9.64. The molecule has 5 nitrogen and oxygen atoms in total. The molecule has 0 bridgehead atoms. The molecule has 9 heteroatoms. The van der Waals surface area contributed by atoms with Crippen molar-refractivity contribution >= 4 is 10.1 Å². The molecule has 2 aliphatic rings. The lowest BCUT2D eigenvalue weighted by Crippen LogP contribution is -2.37. The van der Waals surface area contributed by atoms with Crippen LogP contribution in [-0.2, 0) is 28.5 Å². The Hall–Kier alpha value is -2.03. The molecule has 0 saturated carbocycles. The average molecular weight is 386 g/mol. The van der Waals surface area contributed by atoms with E-state index in [2.05, 4.69) is 13.7 Å². The third kappa shape index (κ3) is 2.60. The summed E-state index contributed by atoms with van der Waals surface area (Å²) in [6.45, 7) is 0.852. The Kier molecular flexibility index (Phi) is 3.83. The minimum absolute atomic E-state index is 0.306. The summed E-state index contributed by atoms with van der Waals surface area (Å²) >= 11 is 0. The Labute approximate surface area is 148 Å². The van der Waals surface area contributed by atoms with E-state index in [9.17, 15) is 21.6 Å². The Morgan fingerprint density at radius 1 is 1.19 bits per heavy atom. The second-order valence-electron chi connectivity index (χ2n) is 6.81. The fraction of sp³-hybridized carbons (Fsp3) is 0.471. The van der Waals surface area contributed by atoms with Crippen LogP contribution in [0.25, 0.3) is 0 Å². The Balaban J connectivity index is 1.81. The third-order valence-electron chi connectivity index (χ3n) is 5.34. The van der Waals surface area contributed by atoms with E-state index in [1.54, 1.807) is 18.6 Å². The van der Waals surface area contributed by atoms with Crippen LogP contribution in [-0.4, -0.2) is 23.5 Å². The van der Waals surface area contributed by atoms with E-state index in [0.717, 1.165) is 55.5 Å². The normalized spacial score (nSPS) is 22.7.